The van der Waals surface area contributed by atoms with Gasteiger partial charge in [-0.2, -0.15) is 0 Å². The maximum atomic E-state index is 8.33. The third-order valence-corrected chi connectivity index (χ3v) is 31.2. The van der Waals surface area contributed by atoms with Gasteiger partial charge in [0.05, 0.1) is 11.1 Å². The van der Waals surface area contributed by atoms with Crippen molar-refractivity contribution >= 4 is 43.1 Å². The summed E-state index contributed by atoms with van der Waals surface area (Å²) in [5, 5.41) is 9.88. The van der Waals surface area contributed by atoms with Gasteiger partial charge in [0.15, 0.2) is 24.8 Å². The number of benzene rings is 12. The van der Waals surface area contributed by atoms with Gasteiger partial charge in [0.1, 0.15) is 28.2 Å². The highest BCUT2D eigenvalue weighted by Gasteiger charge is 2.51. The Morgan fingerprint density at radius 1 is 0.240 bits per heavy atom. The second-order valence-corrected chi connectivity index (χ2v) is 40.8. The maximum Gasteiger partial charge on any atom is 0.213 e. The molecule has 12 aromatic carbocycles. The van der Waals surface area contributed by atoms with Gasteiger partial charge in [0.2, 0.25) is 22.8 Å². The summed E-state index contributed by atoms with van der Waals surface area (Å²) in [6, 6.07) is 78.6. The van der Waals surface area contributed by atoms with Gasteiger partial charge in [-0.3, -0.25) is 0 Å². The molecule has 0 saturated heterocycles. The Balaban J connectivity index is 0.000000122. The monoisotopic (exact) mass is 1650 g/mol. The Hall–Kier alpha value is -11.7. The summed E-state index contributed by atoms with van der Waals surface area (Å²) in [6.07, 6.45) is 10.2. The minimum absolute atomic E-state index is 0.0188. The highest BCUT2D eigenvalue weighted by Crippen LogP contribution is 2.61. The number of rotatable bonds is 4. The zero-order valence-corrected chi connectivity index (χ0v) is 79.2. The molecule has 0 unspecified atom stereocenters. The normalized spacial score (nSPS) is 16.2. The van der Waals surface area contributed by atoms with E-state index in [2.05, 4.69) is 388 Å². The van der Waals surface area contributed by atoms with Crippen molar-refractivity contribution < 1.29 is 26.5 Å². The molecule has 0 fully saturated rings. The Kier molecular flexibility index (Phi) is 19.3. The first kappa shape index (κ1) is 78.0. The fraction of sp³-hybridized carbons (Fsp3) is 0.306. The second-order valence-electron chi connectivity index (χ2n) is 40.8. The van der Waals surface area contributed by atoms with Crippen LogP contribution in [0.5, 0.6) is 0 Å². The van der Waals surface area contributed by atoms with Crippen molar-refractivity contribution in [1.29, 1.82) is 0 Å². The third kappa shape index (κ3) is 13.9. The fourth-order valence-electron chi connectivity index (χ4n) is 21.7. The Bertz CT molecular complexity index is 7480. The summed E-state index contributed by atoms with van der Waals surface area (Å²) in [5.74, 6) is 0. The van der Waals surface area contributed by atoms with Gasteiger partial charge in [-0.1, -0.05) is 245 Å². The average Bonchev–Trinajstić information content (AvgIpc) is 0.690. The van der Waals surface area contributed by atoms with E-state index in [9.17, 15) is 0 Å². The number of hydrogen-bond acceptors (Lipinski definition) is 0. The van der Waals surface area contributed by atoms with Crippen molar-refractivity contribution in [3.8, 4) is 89.5 Å². The number of hydrogen-bond donors (Lipinski definition) is 0. The number of fused-ring (bicyclic) bond motifs is 19. The van der Waals surface area contributed by atoms with Gasteiger partial charge in [0.25, 0.3) is 0 Å². The average molecular weight is 1650 g/mol. The lowest BCUT2D eigenvalue weighted by Gasteiger charge is -2.49. The summed E-state index contributed by atoms with van der Waals surface area (Å²) < 4.78 is 57.2. The van der Waals surface area contributed by atoms with Crippen LogP contribution >= 0.6 is 0 Å². The van der Waals surface area contributed by atoms with Crippen molar-refractivity contribution in [3.63, 3.8) is 0 Å². The summed E-state index contributed by atoms with van der Waals surface area (Å²) in [7, 11) is 8.34. The van der Waals surface area contributed by atoms with E-state index in [1.807, 2.05) is 48.9 Å². The van der Waals surface area contributed by atoms with Crippen LogP contribution in [0.15, 0.2) is 237 Å². The van der Waals surface area contributed by atoms with Crippen molar-refractivity contribution in [2.75, 3.05) is 0 Å². The SMILES string of the molecule is Cc1cc[n+](C)c(-c2cc3c(cc2C)C(C)(C)C(C)(C)c2cc4cc(C)ccc4cc2-3)c1.Cc1cc[n+](C)c(-c2cc3c(cc2C)C(C)(C)C(C)(C)c2ccc4cc(C)ccc4c2-3)c1.[2H]C([2H])([2H])c1c[n+](C)c(-c2c(C)ccc3c2CCc2c-3ccc3cc(C)ccc23)cc1C.[2H]C([2H])([2H])c1cc2c(c3ccccc13)C(C)(C)C(C)(C)c1c-2ccc(C)c1-c1cc(C)cc[n+]1C. The molecule has 20 rings (SSSR count). The van der Waals surface area contributed by atoms with Crippen LogP contribution in [0.3, 0.4) is 0 Å². The van der Waals surface area contributed by atoms with E-state index in [0.717, 1.165) is 46.0 Å². The molecule has 4 aliphatic carbocycles. The van der Waals surface area contributed by atoms with E-state index in [1.54, 1.807) is 6.20 Å². The molecule has 4 heterocycles. The highest BCUT2D eigenvalue weighted by molar-refractivity contribution is 6.04. The van der Waals surface area contributed by atoms with Crippen molar-refractivity contribution in [2.24, 2.45) is 28.2 Å². The molecule has 0 aliphatic heterocycles. The lowest BCUT2D eigenvalue weighted by atomic mass is 9.53. The number of aromatic nitrogens is 4. The van der Waals surface area contributed by atoms with E-state index in [0.29, 0.717) is 11.1 Å². The molecule has 4 aliphatic rings. The molecule has 0 N–H and O–H groups in total. The molecule has 4 nitrogen and oxygen atoms in total. The van der Waals surface area contributed by atoms with Crippen LogP contribution in [-0.4, -0.2) is 0 Å². The van der Waals surface area contributed by atoms with Crippen LogP contribution in [0.4, 0.5) is 0 Å². The van der Waals surface area contributed by atoms with E-state index in [4.69, 9.17) is 8.22 Å². The molecule has 125 heavy (non-hydrogen) atoms. The van der Waals surface area contributed by atoms with Gasteiger partial charge in [0, 0.05) is 78.2 Å². The van der Waals surface area contributed by atoms with Crippen molar-refractivity contribution in [2.45, 2.75) is 218 Å². The minimum atomic E-state index is -2.19. The standard InChI is InChI=1S/3C31H34N.C28H28N/c1-19-9-11-23-22(15-19)10-12-26-29(23)25-18-24(28-16-20(2)13-14-32(28)8)21(3)17-27(25)31(6,7)30(26,4)5;1-19-9-10-22-16-25-26-18-24(29-14-20(2)11-12-32(29)8)21(3)15-27(26)30(4,5)31(6,7)28(25)17-23(22)13-19;1-19-15-16-32(8)26(17-19)27-20(2)13-14-24-25-18-21(3)22-11-9-10-12-23(22)28(25)30(4,5)31(6,7)29(24)27;1-17-6-9-22-21(14-17)8-11-24-23(22)12-13-26-25(24)10-7-18(2)28(26)27-15-19(3)20(4)16-29(27)5/h3*9-18H,1-8H3;6-11,14-16H,12-13H2,1-5H3/q4*+1/i;;3D3;4D3. The molecular formula is C121H130N4+4. The first-order valence-corrected chi connectivity index (χ1v) is 45.1. The molecule has 0 atom stereocenters. The first-order chi connectivity index (χ1) is 61.4. The van der Waals surface area contributed by atoms with Gasteiger partial charge in [-0.25, -0.2) is 18.3 Å². The van der Waals surface area contributed by atoms with Crippen LogP contribution < -0.4 is 18.3 Å². The van der Waals surface area contributed by atoms with Crippen LogP contribution in [0.2, 0.25) is 0 Å². The molecule has 630 valence electrons. The number of pyridine rings is 4. The van der Waals surface area contributed by atoms with E-state index in [-0.39, 0.29) is 32.5 Å². The molecule has 0 amide bonds. The predicted molar refractivity (Wildman–Crippen MR) is 531 cm³/mol. The summed E-state index contributed by atoms with van der Waals surface area (Å²) in [6.45, 7) is 48.1. The van der Waals surface area contributed by atoms with E-state index >= 15 is 0 Å². The Morgan fingerprint density at radius 3 is 1.29 bits per heavy atom. The molecule has 0 spiro atoms. The number of nitrogens with zero attached hydrogens (tertiary/aromatic N) is 4. The zero-order chi connectivity index (χ0) is 94.3. The topological polar surface area (TPSA) is 15.5 Å². The molecule has 4 aromatic heterocycles. The van der Waals surface area contributed by atoms with E-state index < -0.39 is 13.7 Å². The smallest absolute Gasteiger partial charge is 0.201 e. The van der Waals surface area contributed by atoms with Gasteiger partial charge >= 0.3 is 0 Å². The Morgan fingerprint density at radius 2 is 0.680 bits per heavy atom. The lowest BCUT2D eigenvalue weighted by Crippen LogP contribution is -2.45. The molecular weight excluding hydrogens is 1510 g/mol. The molecule has 16 aromatic rings. The lowest BCUT2D eigenvalue weighted by molar-refractivity contribution is -0.660. The van der Waals surface area contributed by atoms with Gasteiger partial charge in [-0.15, -0.1) is 0 Å². The molecule has 0 saturated carbocycles. The van der Waals surface area contributed by atoms with Crippen LogP contribution in [0, 0.1) is 89.9 Å². The third-order valence-electron chi connectivity index (χ3n) is 31.2. The summed E-state index contributed by atoms with van der Waals surface area (Å²) in [5.41, 5.74) is 45.6. The minimum Gasteiger partial charge on any atom is -0.201 e. The second kappa shape index (κ2) is 30.9. The summed E-state index contributed by atoms with van der Waals surface area (Å²) >= 11 is 0. The molecule has 4 heteroatoms. The first-order valence-electron chi connectivity index (χ1n) is 48.1. The van der Waals surface area contributed by atoms with Gasteiger partial charge < -0.3 is 0 Å². The van der Waals surface area contributed by atoms with Gasteiger partial charge in [-0.05, 0) is 331 Å². The highest BCUT2D eigenvalue weighted by atomic mass is 14.9. The van der Waals surface area contributed by atoms with Crippen LogP contribution in [-0.2, 0) is 73.5 Å². The quantitative estimate of drug-likeness (QED) is 0.156. The fourth-order valence-corrected chi connectivity index (χ4v) is 21.7. The van der Waals surface area contributed by atoms with Crippen molar-refractivity contribution in [3.05, 3.63) is 354 Å². The maximum absolute atomic E-state index is 8.33. The molecule has 0 bridgehead atoms. The van der Waals surface area contributed by atoms with Crippen molar-refractivity contribution in [1.82, 2.24) is 0 Å². The molecule has 0 radical (unpaired) electrons. The largest absolute Gasteiger partial charge is 0.213 e. The zero-order valence-electron chi connectivity index (χ0n) is 85.2. The Labute approximate surface area is 754 Å². The van der Waals surface area contributed by atoms with Crippen LogP contribution in [0.1, 0.15) is 208 Å². The number of aryl methyl sites for hydroxylation is 18. The summed E-state index contributed by atoms with van der Waals surface area (Å²) in [4.78, 5) is 0. The van der Waals surface area contributed by atoms with Crippen LogP contribution in [0.25, 0.3) is 133 Å². The van der Waals surface area contributed by atoms with E-state index in [1.165, 1.54) is 205 Å². The predicted octanol–water partition coefficient (Wildman–Crippen LogP) is 28.8.